The van der Waals surface area contributed by atoms with Crippen molar-refractivity contribution in [2.45, 2.75) is 353 Å². The number of carbonyl (C=O) groups excluding carboxylic acids is 10. The van der Waals surface area contributed by atoms with Crippen LogP contribution < -0.4 is 48.1 Å². The molecule has 1 aromatic carbocycles. The van der Waals surface area contributed by atoms with Crippen LogP contribution in [0.25, 0.3) is 10.1 Å². The van der Waals surface area contributed by atoms with Crippen molar-refractivity contribution >= 4 is 127 Å². The van der Waals surface area contributed by atoms with Crippen molar-refractivity contribution in [2.75, 3.05) is 131 Å². The number of epoxide rings is 2. The van der Waals surface area contributed by atoms with Gasteiger partial charge in [0, 0.05) is 98.7 Å². The van der Waals surface area contributed by atoms with Crippen molar-refractivity contribution in [2.24, 2.45) is 75.8 Å². The number of likely N-dealkylation sites (N-methyl/N-ethyl adjacent to an activating group) is 2. The molecule has 2 saturated heterocycles. The van der Waals surface area contributed by atoms with Gasteiger partial charge in [-0.15, -0.1) is 46.4 Å². The molecule has 5 rings (SSSR count). The van der Waals surface area contributed by atoms with E-state index in [4.69, 9.17) is 61.1 Å². The summed E-state index contributed by atoms with van der Waals surface area (Å²) in [7, 11) is 7.53. The number of aromatic nitrogens is 1. The van der Waals surface area contributed by atoms with Crippen molar-refractivity contribution in [1.29, 1.82) is 5.26 Å². The van der Waals surface area contributed by atoms with Crippen LogP contribution >= 0.6 is 57.9 Å². The quantitative estimate of drug-likeness (QED) is 0.0223. The third-order valence-electron chi connectivity index (χ3n) is 18.8. The Morgan fingerprint density at radius 3 is 1.14 bits per heavy atom. The second-order valence-corrected chi connectivity index (χ2v) is 55.1. The van der Waals surface area contributed by atoms with E-state index in [1.807, 2.05) is 60.2 Å². The smallest absolute Gasteiger partial charge is 0.268 e. The van der Waals surface area contributed by atoms with Gasteiger partial charge in [0.15, 0.2) is 0 Å². The molecule has 0 bridgehead atoms. The number of alkyl halides is 4. The fourth-order valence-electron chi connectivity index (χ4n) is 9.43. The molecule has 1 saturated carbocycles. The van der Waals surface area contributed by atoms with E-state index in [2.05, 4.69) is 338 Å². The summed E-state index contributed by atoms with van der Waals surface area (Å²) < 4.78 is 13.1. The molecule has 10 amide bonds. The first kappa shape index (κ1) is 153. The highest BCUT2D eigenvalue weighted by Crippen LogP contribution is 2.45. The maximum atomic E-state index is 12.0. The summed E-state index contributed by atoms with van der Waals surface area (Å²) in [6.45, 7) is 107. The molecule has 3 aliphatic rings. The SMILES string of the molecule is C/C=C/C(=O)NCC(C)(C)C.C=CC(=O)N(C)CCC(C)(C)C.C=CC(=O)NCC(C)(C)C.C=CC(=O)NCCC(C)(C)C.CC(C)(C)C1CO1.CC(C)(C)CC1CO1.CC(C)(C)CCNC(=O)CCl.CC(C)(C)CNC(=O)C1(C#N)CC1.CC(C)(C)CNC(=O)CCl.CC(C)(C)Cn1sc2ccccc2c1=O.CN(C)C/C=C/C(=O)NCC(C)(C)C.CN(CCC(C)(C)C)C(=O)CCl.C[C@H](Cl)C(=O)NCC(C)(C)C. The Balaban J connectivity index is -0.000000235. The number of hydrogen-bond acceptors (Lipinski definition) is 16. The number of halogens is 4. The molecule has 3 fully saturated rings. The predicted molar refractivity (Wildman–Crippen MR) is 619 cm³/mol. The number of nitriles is 1. The van der Waals surface area contributed by atoms with Gasteiger partial charge in [0.25, 0.3) is 5.56 Å². The van der Waals surface area contributed by atoms with Crippen LogP contribution in [0.4, 0.5) is 0 Å². The molecule has 3 atom stereocenters. The number of rotatable bonds is 28. The lowest BCUT2D eigenvalue weighted by atomic mass is 9.91. The summed E-state index contributed by atoms with van der Waals surface area (Å²) in [5, 5.41) is 31.2. The lowest BCUT2D eigenvalue weighted by Crippen LogP contribution is -2.37. The van der Waals surface area contributed by atoms with Gasteiger partial charge in [0.05, 0.1) is 41.6 Å². The Morgan fingerprint density at radius 2 is 0.841 bits per heavy atom. The van der Waals surface area contributed by atoms with Crippen molar-refractivity contribution in [1.82, 2.24) is 61.2 Å². The number of fused-ring (bicyclic) bond motifs is 1. The molecule has 0 radical (unpaired) electrons. The van der Waals surface area contributed by atoms with E-state index in [-0.39, 0.29) is 142 Å². The fraction of sp³-hybridized carbons (Fsp3) is 0.754. The summed E-state index contributed by atoms with van der Waals surface area (Å²) in [6.07, 6.45) is 18.4. The average molecular weight is 2150 g/mol. The topological polar surface area (TPSA) is 348 Å². The number of benzene rings is 1. The Labute approximate surface area is 907 Å². The summed E-state index contributed by atoms with van der Waals surface area (Å²) in [5.41, 5.74) is 2.40. The zero-order chi connectivity index (χ0) is 116. The van der Waals surface area contributed by atoms with Gasteiger partial charge in [0.1, 0.15) is 28.4 Å². The molecule has 1 aliphatic carbocycles. The molecule has 145 heavy (non-hydrogen) atoms. The molecular formula is C114H211Cl4N13O13S. The van der Waals surface area contributed by atoms with Crippen molar-refractivity contribution in [3.63, 3.8) is 0 Å². The second kappa shape index (κ2) is 74.7. The number of ether oxygens (including phenoxy) is 2. The van der Waals surface area contributed by atoms with Crippen molar-refractivity contribution in [3.8, 4) is 6.07 Å². The van der Waals surface area contributed by atoms with E-state index < -0.39 is 10.8 Å². The van der Waals surface area contributed by atoms with Gasteiger partial charge >= 0.3 is 0 Å². The molecule has 26 nitrogen and oxygen atoms in total. The van der Waals surface area contributed by atoms with E-state index >= 15 is 0 Å². The standard InChI is InChI=1S/C12H15NOS.C11H22N2O.C10H16N2O.C10H19NO.C9H18ClNO.2C9H17NO.2C8H16ClNO.C8H15NO.C7H14ClNO.C7H14O.C6H12O/c1-12(2,3)8-13-11(14)9-6-4-5-7-10(9)15-13;1-11(2,3)9-12-10(14)7-6-8-13(4)5;1-9(2,3)7-12-8(13)10(6-11)4-5-10;1-6-9(12)11(5)8-7-10(2,3)4;1-9(2,3)5-6-11(4)8(12)7-10;1-5-8(11)10-7-6-9(2,3)4;1-5-6-8(11)10-7-9(2,3)4;1-6(9)7(11)10-5-8(2,3)4;1-8(2,3)4-5-10-7(11)6-9;1-5-7(10)9-6-8(2,3)4;1-7(2,3)5-9-6(10)4-8;1-7(2,3)4-6-5-8-6;1-6(2,3)5-4-7-5/h4-7H,8H2,1-3H3;6-7H,8-9H2,1-5H3,(H,12,14);4-5,7H2,1-3H3,(H,12,13);6H,1,7-8H2,2-5H3;5-7H2,1-4H3;5H,1,6-7H2,2-4H3,(H,10,11);5-6H,7H2,1-4H3,(H,10,11);6H,5H2,1-4H3,(H,10,11);4-6H2,1-3H3,(H,10,11);5H,1,6H2,2-4H3,(H,9,10);4-5H2,1-3H3,(H,9,10);6H,4-5H2,1-3H3;5H,4H2,1-3H3/b;7-6+;;;;;6-5+;;;;;;/t;;;;;;;6-;;;;;/m.......0...../s1. The van der Waals surface area contributed by atoms with Crippen molar-refractivity contribution in [3.05, 3.63) is 96.9 Å². The van der Waals surface area contributed by atoms with E-state index in [0.29, 0.717) is 55.8 Å². The zero-order valence-corrected chi connectivity index (χ0v) is 103. The summed E-state index contributed by atoms with van der Waals surface area (Å²) in [5.74, 6) is -0.395. The minimum Gasteiger partial charge on any atom is -0.373 e. The Hall–Kier alpha value is -7.16. The van der Waals surface area contributed by atoms with Crippen LogP contribution in [0.3, 0.4) is 0 Å². The van der Waals surface area contributed by atoms with Crippen molar-refractivity contribution < 1.29 is 57.4 Å². The fourth-order valence-corrected chi connectivity index (χ4v) is 11.2. The Kier molecular flexibility index (Phi) is 78.9. The van der Waals surface area contributed by atoms with Crippen LogP contribution in [0.15, 0.2) is 91.3 Å². The van der Waals surface area contributed by atoms with E-state index in [1.165, 1.54) is 30.7 Å². The number of carbonyl (C=O) groups is 10. The molecule has 1 aromatic heterocycles. The third kappa shape index (κ3) is 115. The lowest BCUT2D eigenvalue weighted by Gasteiger charge is -2.23. The monoisotopic (exact) mass is 2140 g/mol. The van der Waals surface area contributed by atoms with Crippen LogP contribution in [-0.2, 0) is 64.0 Å². The molecule has 8 N–H and O–H groups in total. The molecule has 2 aromatic rings. The van der Waals surface area contributed by atoms with E-state index in [1.54, 1.807) is 54.5 Å². The second-order valence-electron chi connectivity index (χ2n) is 52.5. The third-order valence-corrected chi connectivity index (χ3v) is 20.7. The first-order valence-corrected chi connectivity index (χ1v) is 53.6. The Morgan fingerprint density at radius 1 is 0.476 bits per heavy atom. The summed E-state index contributed by atoms with van der Waals surface area (Å²) in [4.78, 5) is 127. The molecule has 2 aliphatic heterocycles. The molecule has 3 heterocycles. The largest absolute Gasteiger partial charge is 0.373 e. The number of amides is 10. The minimum atomic E-state index is -0.675. The van der Waals surface area contributed by atoms with Gasteiger partial charge < -0.3 is 66.7 Å². The molecule has 2 unspecified atom stereocenters. The van der Waals surface area contributed by atoms with Crippen LogP contribution in [0.1, 0.15) is 329 Å². The average Bonchev–Trinajstić information content (AvgIpc) is 1.64. The van der Waals surface area contributed by atoms with E-state index in [9.17, 15) is 52.7 Å². The van der Waals surface area contributed by atoms with Gasteiger partial charge in [-0.3, -0.25) is 56.7 Å². The number of nitrogens with one attached hydrogen (secondary N) is 8. The normalized spacial score (nSPS) is 14.2. The molecule has 0 spiro atoms. The van der Waals surface area contributed by atoms with Gasteiger partial charge in [-0.05, 0) is 180 Å². The van der Waals surface area contributed by atoms with E-state index in [0.717, 1.165) is 108 Å². The number of allylic oxidation sites excluding steroid dienone is 1. The molecular weight excluding hydrogens is 1930 g/mol. The first-order chi connectivity index (χ1) is 65.2. The lowest BCUT2D eigenvalue weighted by molar-refractivity contribution is -0.127. The van der Waals surface area contributed by atoms with Crippen LogP contribution in [-0.4, -0.2) is 226 Å². The van der Waals surface area contributed by atoms with Gasteiger partial charge in [-0.25, -0.2) is 0 Å². The molecule has 31 heteroatoms. The maximum Gasteiger partial charge on any atom is 0.268 e. The van der Waals surface area contributed by atoms with Crippen LogP contribution in [0.2, 0.25) is 0 Å². The van der Waals surface area contributed by atoms with Gasteiger partial charge in [-0.2, -0.15) is 5.26 Å². The summed E-state index contributed by atoms with van der Waals surface area (Å²) >= 11 is 23.1. The predicted octanol–water partition coefficient (Wildman–Crippen LogP) is 23.0. The first-order valence-electron chi connectivity index (χ1n) is 50.8. The summed E-state index contributed by atoms with van der Waals surface area (Å²) in [6, 6.07) is 9.86. The maximum absolute atomic E-state index is 12.0. The number of nitrogens with zero attached hydrogens (tertiary/aromatic N) is 5. The van der Waals surface area contributed by atoms with Crippen LogP contribution in [0.5, 0.6) is 0 Å². The zero-order valence-electron chi connectivity index (χ0n) is 99.6. The highest BCUT2D eigenvalue weighted by Gasteiger charge is 2.50. The van der Waals surface area contributed by atoms with Gasteiger partial charge in [0.2, 0.25) is 59.1 Å². The molecule has 844 valence electrons. The van der Waals surface area contributed by atoms with Gasteiger partial charge in [-0.1, -0.05) is 326 Å². The van der Waals surface area contributed by atoms with Crippen LogP contribution in [0, 0.1) is 87.1 Å². The number of hydrogen-bond donors (Lipinski definition) is 8. The Bertz CT molecular complexity index is 4160. The minimum absolute atomic E-state index is 0.000694. The highest BCUT2D eigenvalue weighted by atomic mass is 35.5. The highest BCUT2D eigenvalue weighted by molar-refractivity contribution is 7.13.